The largest absolute Gasteiger partial charge is 0.506 e. The summed E-state index contributed by atoms with van der Waals surface area (Å²) in [4.78, 5) is 21.3. The predicted molar refractivity (Wildman–Crippen MR) is 133 cm³/mol. The molecule has 2 N–H and O–H groups in total. The van der Waals surface area contributed by atoms with Gasteiger partial charge in [0.2, 0.25) is 6.17 Å². The second-order valence-corrected chi connectivity index (χ2v) is 8.13. The minimum Gasteiger partial charge on any atom is -0.506 e. The molecule has 1 atom stereocenters. The average Bonchev–Trinajstić information content (AvgIpc) is 2.90. The molecule has 0 saturated heterocycles. The molecule has 3 aromatic carbocycles. The monoisotopic (exact) mass is 464 g/mol. The molecule has 1 unspecified atom stereocenters. The lowest BCUT2D eigenvalue weighted by Crippen LogP contribution is -2.49. The van der Waals surface area contributed by atoms with Crippen molar-refractivity contribution in [3.8, 4) is 5.75 Å². The number of aromatic hydroxyl groups is 1. The van der Waals surface area contributed by atoms with E-state index in [4.69, 9.17) is 28.8 Å². The maximum Gasteiger partial charge on any atom is 0.272 e. The molecular weight excluding hydrogens is 444 g/mol. The fraction of sp³-hybridized carbons (Fsp3) is 0.125. The summed E-state index contributed by atoms with van der Waals surface area (Å²) in [6.07, 6.45) is -0.970. The molecule has 0 saturated carbocycles. The van der Waals surface area contributed by atoms with Crippen LogP contribution in [0.5, 0.6) is 5.75 Å². The van der Waals surface area contributed by atoms with Crippen LogP contribution in [0.4, 0.5) is 11.4 Å². The van der Waals surface area contributed by atoms with Gasteiger partial charge in [0, 0.05) is 30.2 Å². The highest BCUT2D eigenvalue weighted by Crippen LogP contribution is 2.30. The standard InChI is InChI=1S/C24H21ClN4O2S/c1-28-18-13-12-16(25)14-17(18)21(15-8-4-3-5-9-15)26-22(23(28)31)27-24(32)29(2)19-10-6-7-11-20(19)30/h3-14,22,30H,1-2H3,(H,27,32). The smallest absolute Gasteiger partial charge is 0.272 e. The number of benzene rings is 3. The Balaban J connectivity index is 1.75. The number of phenolic OH excluding ortho intramolecular Hbond substituents is 1. The van der Waals surface area contributed by atoms with Crippen molar-refractivity contribution in [2.75, 3.05) is 23.9 Å². The Morgan fingerprint density at radius 3 is 2.53 bits per heavy atom. The van der Waals surface area contributed by atoms with E-state index in [-0.39, 0.29) is 16.8 Å². The van der Waals surface area contributed by atoms with Gasteiger partial charge in [-0.15, -0.1) is 0 Å². The molecule has 0 fully saturated rings. The van der Waals surface area contributed by atoms with E-state index in [2.05, 4.69) is 5.32 Å². The van der Waals surface area contributed by atoms with Crippen LogP contribution in [0.3, 0.4) is 0 Å². The van der Waals surface area contributed by atoms with Gasteiger partial charge in [-0.3, -0.25) is 4.79 Å². The van der Waals surface area contributed by atoms with Crippen LogP contribution in [-0.2, 0) is 4.79 Å². The number of thiocarbonyl (C=S) groups is 1. The number of nitrogens with zero attached hydrogens (tertiary/aromatic N) is 3. The number of hydrogen-bond acceptors (Lipinski definition) is 4. The van der Waals surface area contributed by atoms with Gasteiger partial charge in [-0.25, -0.2) is 4.99 Å². The van der Waals surface area contributed by atoms with Crippen molar-refractivity contribution in [1.82, 2.24) is 5.32 Å². The fourth-order valence-electron chi connectivity index (χ4n) is 3.54. The molecule has 0 radical (unpaired) electrons. The summed E-state index contributed by atoms with van der Waals surface area (Å²) < 4.78 is 0. The summed E-state index contributed by atoms with van der Waals surface area (Å²) in [6.45, 7) is 0. The van der Waals surface area contributed by atoms with Crippen molar-refractivity contribution in [2.45, 2.75) is 6.17 Å². The van der Waals surface area contributed by atoms with Gasteiger partial charge in [-0.2, -0.15) is 0 Å². The fourth-order valence-corrected chi connectivity index (χ4v) is 3.92. The molecule has 1 heterocycles. The van der Waals surface area contributed by atoms with E-state index in [1.165, 1.54) is 0 Å². The van der Waals surface area contributed by atoms with E-state index in [0.717, 1.165) is 11.1 Å². The molecule has 0 aromatic heterocycles. The Hall–Kier alpha value is -3.42. The van der Waals surface area contributed by atoms with Crippen LogP contribution in [0, 0.1) is 0 Å². The van der Waals surface area contributed by atoms with Crippen LogP contribution in [0.1, 0.15) is 11.1 Å². The first kappa shape index (κ1) is 21.8. The molecule has 1 aliphatic heterocycles. The first-order chi connectivity index (χ1) is 15.4. The number of phenols is 1. The Labute approximate surface area is 196 Å². The minimum atomic E-state index is -0.970. The maximum absolute atomic E-state index is 13.3. The summed E-state index contributed by atoms with van der Waals surface area (Å²) >= 11 is 11.8. The number of halogens is 1. The first-order valence-electron chi connectivity index (χ1n) is 9.89. The van der Waals surface area contributed by atoms with E-state index in [1.54, 1.807) is 60.3 Å². The van der Waals surface area contributed by atoms with Crippen molar-refractivity contribution >= 4 is 51.9 Å². The second-order valence-electron chi connectivity index (χ2n) is 7.30. The van der Waals surface area contributed by atoms with E-state index in [0.29, 0.717) is 22.1 Å². The molecule has 1 aliphatic rings. The van der Waals surface area contributed by atoms with Gasteiger partial charge in [0.15, 0.2) is 5.11 Å². The van der Waals surface area contributed by atoms with Crippen molar-refractivity contribution in [3.05, 3.63) is 88.9 Å². The summed E-state index contributed by atoms with van der Waals surface area (Å²) in [5.41, 5.74) is 3.45. The molecule has 4 rings (SSSR count). The number of hydrogen-bond donors (Lipinski definition) is 2. The third-order valence-electron chi connectivity index (χ3n) is 5.25. The molecule has 0 spiro atoms. The SMILES string of the molecule is CN(C(=S)NC1N=C(c2ccccc2)c2cc(Cl)ccc2N(C)C1=O)c1ccccc1O. The predicted octanol–water partition coefficient (Wildman–Crippen LogP) is 4.20. The number of aliphatic imine (C=N–C) groups is 1. The van der Waals surface area contributed by atoms with Crippen molar-refractivity contribution in [1.29, 1.82) is 0 Å². The van der Waals surface area contributed by atoms with E-state index in [9.17, 15) is 9.90 Å². The lowest BCUT2D eigenvalue weighted by Gasteiger charge is -2.26. The van der Waals surface area contributed by atoms with Crippen LogP contribution >= 0.6 is 23.8 Å². The van der Waals surface area contributed by atoms with Gasteiger partial charge in [0.1, 0.15) is 5.75 Å². The number of fused-ring (bicyclic) bond motifs is 1. The van der Waals surface area contributed by atoms with Gasteiger partial charge < -0.3 is 20.2 Å². The molecule has 3 aromatic rings. The molecule has 162 valence electrons. The number of likely N-dealkylation sites (N-methyl/N-ethyl adjacent to an activating group) is 1. The van der Waals surface area contributed by atoms with Crippen molar-refractivity contribution in [3.63, 3.8) is 0 Å². The zero-order valence-electron chi connectivity index (χ0n) is 17.5. The van der Waals surface area contributed by atoms with Gasteiger partial charge >= 0.3 is 0 Å². The zero-order valence-corrected chi connectivity index (χ0v) is 19.1. The Morgan fingerprint density at radius 2 is 1.81 bits per heavy atom. The highest BCUT2D eigenvalue weighted by molar-refractivity contribution is 7.80. The van der Waals surface area contributed by atoms with E-state index < -0.39 is 6.17 Å². The lowest BCUT2D eigenvalue weighted by atomic mass is 10.0. The number of carbonyl (C=O) groups is 1. The summed E-state index contributed by atoms with van der Waals surface area (Å²) in [5.74, 6) is -0.188. The molecular formula is C24H21ClN4O2S. The van der Waals surface area contributed by atoms with Crippen molar-refractivity contribution < 1.29 is 9.90 Å². The van der Waals surface area contributed by atoms with Gasteiger partial charge in [0.05, 0.1) is 17.1 Å². The number of para-hydroxylation sites is 2. The topological polar surface area (TPSA) is 68.2 Å². The number of nitrogens with one attached hydrogen (secondary N) is 1. The summed E-state index contributed by atoms with van der Waals surface area (Å²) in [6, 6.07) is 21.8. The van der Waals surface area contributed by atoms with Gasteiger partial charge in [0.25, 0.3) is 5.91 Å². The van der Waals surface area contributed by atoms with Crippen LogP contribution in [-0.4, -0.2) is 42.1 Å². The molecule has 8 heteroatoms. The van der Waals surface area contributed by atoms with E-state index in [1.807, 2.05) is 36.4 Å². The van der Waals surface area contributed by atoms with Crippen molar-refractivity contribution in [2.24, 2.45) is 4.99 Å². The zero-order chi connectivity index (χ0) is 22.8. The number of anilines is 2. The number of rotatable bonds is 3. The van der Waals surface area contributed by atoms with E-state index >= 15 is 0 Å². The number of benzodiazepines with no additional fused rings is 1. The third-order valence-corrected chi connectivity index (χ3v) is 5.88. The molecule has 0 aliphatic carbocycles. The molecule has 0 bridgehead atoms. The summed E-state index contributed by atoms with van der Waals surface area (Å²) in [7, 11) is 3.41. The highest BCUT2D eigenvalue weighted by Gasteiger charge is 2.31. The van der Waals surface area contributed by atoms with Crippen LogP contribution in [0.15, 0.2) is 77.8 Å². The minimum absolute atomic E-state index is 0.0824. The molecule has 1 amide bonds. The van der Waals surface area contributed by atoms with Crippen LogP contribution in [0.2, 0.25) is 5.02 Å². The van der Waals surface area contributed by atoms with Crippen LogP contribution in [0.25, 0.3) is 0 Å². The van der Waals surface area contributed by atoms with Gasteiger partial charge in [-0.05, 0) is 42.5 Å². The Kier molecular flexibility index (Phi) is 6.12. The number of carbonyl (C=O) groups excluding carboxylic acids is 1. The lowest BCUT2D eigenvalue weighted by molar-refractivity contribution is -0.119. The Morgan fingerprint density at radius 1 is 1.12 bits per heavy atom. The average molecular weight is 465 g/mol. The Bertz CT molecular complexity index is 1220. The molecule has 6 nitrogen and oxygen atoms in total. The summed E-state index contributed by atoms with van der Waals surface area (Å²) in [5, 5.41) is 14.0. The molecule has 32 heavy (non-hydrogen) atoms. The number of amides is 1. The third kappa shape index (κ3) is 4.17. The quantitative estimate of drug-likeness (QED) is 0.569. The highest BCUT2D eigenvalue weighted by atomic mass is 35.5. The van der Waals surface area contributed by atoms with Crippen LogP contribution < -0.4 is 15.1 Å². The normalized spacial score (nSPS) is 15.5. The second kappa shape index (κ2) is 8.98. The first-order valence-corrected chi connectivity index (χ1v) is 10.7. The maximum atomic E-state index is 13.3. The van der Waals surface area contributed by atoms with Gasteiger partial charge in [-0.1, -0.05) is 54.1 Å².